The normalized spacial score (nSPS) is 15.0. The number of benzene rings is 2. The molecule has 0 atom stereocenters. The van der Waals surface area contributed by atoms with Crippen LogP contribution in [0.25, 0.3) is 0 Å². The average Bonchev–Trinajstić information content (AvgIpc) is 3.21. The quantitative estimate of drug-likeness (QED) is 0.675. The molecule has 0 aromatic heterocycles. The first-order valence-electron chi connectivity index (χ1n) is 9.96. The zero-order chi connectivity index (χ0) is 20.7. The highest BCUT2D eigenvalue weighted by Gasteiger charge is 2.43. The molecule has 6 nitrogen and oxygen atoms in total. The van der Waals surface area contributed by atoms with E-state index in [1.165, 1.54) is 6.92 Å². The van der Waals surface area contributed by atoms with Gasteiger partial charge in [-0.1, -0.05) is 73.5 Å². The van der Waals surface area contributed by atoms with Gasteiger partial charge < -0.3 is 16.0 Å². The summed E-state index contributed by atoms with van der Waals surface area (Å²) in [5, 5.41) is 8.54. The topological polar surface area (TPSA) is 87.3 Å². The molecule has 0 unspecified atom stereocenters. The van der Waals surface area contributed by atoms with E-state index in [0.29, 0.717) is 12.8 Å². The van der Waals surface area contributed by atoms with Crippen LogP contribution in [0.1, 0.15) is 49.8 Å². The van der Waals surface area contributed by atoms with E-state index in [9.17, 15) is 14.4 Å². The summed E-state index contributed by atoms with van der Waals surface area (Å²) < 4.78 is 0. The molecule has 3 rings (SSSR count). The van der Waals surface area contributed by atoms with E-state index in [0.717, 1.165) is 24.0 Å². The maximum Gasteiger partial charge on any atom is 0.246 e. The number of carbonyl (C=O) groups excluding carboxylic acids is 3. The lowest BCUT2D eigenvalue weighted by Crippen LogP contribution is -2.59. The van der Waals surface area contributed by atoms with Crippen molar-refractivity contribution in [2.24, 2.45) is 0 Å². The monoisotopic (exact) mass is 393 g/mol. The zero-order valence-electron chi connectivity index (χ0n) is 16.6. The Balaban J connectivity index is 1.81. The predicted octanol–water partition coefficient (Wildman–Crippen LogP) is 2.46. The van der Waals surface area contributed by atoms with E-state index in [1.807, 2.05) is 60.7 Å². The Hall–Kier alpha value is -3.15. The number of nitrogens with one attached hydrogen (secondary N) is 3. The molecule has 0 heterocycles. The van der Waals surface area contributed by atoms with Crippen molar-refractivity contribution in [3.05, 3.63) is 71.8 Å². The van der Waals surface area contributed by atoms with E-state index >= 15 is 0 Å². The summed E-state index contributed by atoms with van der Waals surface area (Å²) in [6.07, 6.45) is 2.91. The molecule has 3 N–H and O–H groups in total. The molecule has 29 heavy (non-hydrogen) atoms. The summed E-state index contributed by atoms with van der Waals surface area (Å²) in [6.45, 7) is 1.22. The van der Waals surface area contributed by atoms with E-state index < -0.39 is 5.54 Å². The van der Waals surface area contributed by atoms with Gasteiger partial charge in [-0.25, -0.2) is 0 Å². The Morgan fingerprint density at radius 2 is 1.41 bits per heavy atom. The van der Waals surface area contributed by atoms with Gasteiger partial charge in [-0.3, -0.25) is 14.4 Å². The molecule has 0 radical (unpaired) electrons. The minimum Gasteiger partial charge on any atom is -0.347 e. The Labute approximate surface area is 171 Å². The first-order valence-corrected chi connectivity index (χ1v) is 9.96. The fourth-order valence-corrected chi connectivity index (χ4v) is 3.82. The largest absolute Gasteiger partial charge is 0.347 e. The second-order valence-electron chi connectivity index (χ2n) is 7.47. The fraction of sp³-hybridized carbons (Fsp3) is 0.348. The Bertz CT molecular complexity index is 807. The molecule has 6 heteroatoms. The maximum atomic E-state index is 13.4. The molecule has 0 aliphatic heterocycles. The molecule has 0 saturated heterocycles. The molecule has 1 aliphatic rings. The van der Waals surface area contributed by atoms with Gasteiger partial charge in [-0.05, 0) is 24.0 Å². The van der Waals surface area contributed by atoms with Crippen LogP contribution in [0.15, 0.2) is 60.7 Å². The lowest BCUT2D eigenvalue weighted by molar-refractivity contribution is -0.134. The molecule has 0 bridgehead atoms. The lowest BCUT2D eigenvalue weighted by Gasteiger charge is -2.32. The summed E-state index contributed by atoms with van der Waals surface area (Å²) >= 11 is 0. The van der Waals surface area contributed by atoms with Gasteiger partial charge in [-0.15, -0.1) is 0 Å². The van der Waals surface area contributed by atoms with Crippen molar-refractivity contribution in [2.75, 3.05) is 6.54 Å². The number of hydrogen-bond donors (Lipinski definition) is 3. The summed E-state index contributed by atoms with van der Waals surface area (Å²) in [4.78, 5) is 36.8. The van der Waals surface area contributed by atoms with Crippen molar-refractivity contribution in [1.29, 1.82) is 0 Å². The first-order chi connectivity index (χ1) is 14.0. The smallest absolute Gasteiger partial charge is 0.246 e. The summed E-state index contributed by atoms with van der Waals surface area (Å²) in [6, 6.07) is 19.3. The van der Waals surface area contributed by atoms with Crippen LogP contribution in [-0.2, 0) is 14.4 Å². The van der Waals surface area contributed by atoms with Crippen LogP contribution in [0.4, 0.5) is 0 Å². The van der Waals surface area contributed by atoms with Gasteiger partial charge in [0, 0.05) is 6.92 Å². The lowest BCUT2D eigenvalue weighted by atomic mass is 9.93. The Morgan fingerprint density at radius 1 is 0.897 bits per heavy atom. The van der Waals surface area contributed by atoms with Gasteiger partial charge in [0.05, 0.1) is 12.6 Å². The van der Waals surface area contributed by atoms with Gasteiger partial charge in [0.2, 0.25) is 17.7 Å². The highest BCUT2D eigenvalue weighted by atomic mass is 16.2. The van der Waals surface area contributed by atoms with Crippen molar-refractivity contribution < 1.29 is 14.4 Å². The van der Waals surface area contributed by atoms with Crippen molar-refractivity contribution in [3.63, 3.8) is 0 Å². The van der Waals surface area contributed by atoms with Crippen molar-refractivity contribution >= 4 is 17.7 Å². The number of rotatable bonds is 7. The highest BCUT2D eigenvalue weighted by molar-refractivity contribution is 5.93. The number of hydrogen-bond acceptors (Lipinski definition) is 3. The van der Waals surface area contributed by atoms with Crippen molar-refractivity contribution in [3.8, 4) is 0 Å². The van der Waals surface area contributed by atoms with Crippen LogP contribution in [0.3, 0.4) is 0 Å². The molecule has 1 aliphatic carbocycles. The molecular weight excluding hydrogens is 366 g/mol. The SMILES string of the molecule is CC(=O)NCC(=O)NC1(C(=O)NC(c2ccccc2)c2ccccc2)CCCC1. The van der Waals surface area contributed by atoms with Gasteiger partial charge in [-0.2, -0.15) is 0 Å². The minimum absolute atomic E-state index is 0.134. The molecule has 2 aromatic carbocycles. The first kappa shape index (κ1) is 20.6. The maximum absolute atomic E-state index is 13.4. The van der Waals surface area contributed by atoms with Gasteiger partial charge >= 0.3 is 0 Å². The van der Waals surface area contributed by atoms with E-state index in [-0.39, 0.29) is 30.3 Å². The summed E-state index contributed by atoms with van der Waals surface area (Å²) in [5.41, 5.74) is 1.01. The molecular formula is C23H27N3O3. The van der Waals surface area contributed by atoms with E-state index in [2.05, 4.69) is 16.0 Å². The van der Waals surface area contributed by atoms with Crippen LogP contribution in [0.2, 0.25) is 0 Å². The van der Waals surface area contributed by atoms with Crippen LogP contribution < -0.4 is 16.0 Å². The fourth-order valence-electron chi connectivity index (χ4n) is 3.82. The third-order valence-electron chi connectivity index (χ3n) is 5.31. The van der Waals surface area contributed by atoms with Crippen LogP contribution in [-0.4, -0.2) is 29.8 Å². The van der Waals surface area contributed by atoms with Crippen LogP contribution >= 0.6 is 0 Å². The Kier molecular flexibility index (Phi) is 6.65. The molecule has 0 spiro atoms. The third-order valence-corrected chi connectivity index (χ3v) is 5.31. The standard InChI is InChI=1S/C23H27N3O3/c1-17(27)24-16-20(28)26-23(14-8-9-15-23)22(29)25-21(18-10-4-2-5-11-18)19-12-6-3-7-13-19/h2-7,10-13,21H,8-9,14-16H2,1H3,(H,24,27)(H,25,29)(H,26,28). The molecule has 1 saturated carbocycles. The highest BCUT2D eigenvalue weighted by Crippen LogP contribution is 2.32. The van der Waals surface area contributed by atoms with E-state index in [4.69, 9.17) is 0 Å². The van der Waals surface area contributed by atoms with E-state index in [1.54, 1.807) is 0 Å². The van der Waals surface area contributed by atoms with Crippen LogP contribution in [0.5, 0.6) is 0 Å². The zero-order valence-corrected chi connectivity index (χ0v) is 16.6. The summed E-state index contributed by atoms with van der Waals surface area (Å²) in [7, 11) is 0. The third kappa shape index (κ3) is 5.22. The number of carbonyl (C=O) groups is 3. The predicted molar refractivity (Wildman–Crippen MR) is 111 cm³/mol. The summed E-state index contributed by atoms with van der Waals surface area (Å²) in [5.74, 6) is -0.824. The second-order valence-corrected chi connectivity index (χ2v) is 7.47. The average molecular weight is 393 g/mol. The van der Waals surface area contributed by atoms with Crippen LogP contribution in [0, 0.1) is 0 Å². The second kappa shape index (κ2) is 9.37. The van der Waals surface area contributed by atoms with Gasteiger partial charge in [0.15, 0.2) is 0 Å². The molecule has 1 fully saturated rings. The molecule has 152 valence electrons. The van der Waals surface area contributed by atoms with Crippen molar-refractivity contribution in [1.82, 2.24) is 16.0 Å². The Morgan fingerprint density at radius 3 is 1.90 bits per heavy atom. The molecule has 3 amide bonds. The number of amides is 3. The van der Waals surface area contributed by atoms with Crippen molar-refractivity contribution in [2.45, 2.75) is 44.2 Å². The molecule has 2 aromatic rings. The van der Waals surface area contributed by atoms with Gasteiger partial charge in [0.1, 0.15) is 5.54 Å². The van der Waals surface area contributed by atoms with Gasteiger partial charge in [0.25, 0.3) is 0 Å². The minimum atomic E-state index is -0.947.